The van der Waals surface area contributed by atoms with Crippen molar-refractivity contribution in [1.82, 2.24) is 15.5 Å². The molecule has 1 aliphatic heterocycles. The number of hydrogen-bond donors (Lipinski definition) is 2. The van der Waals surface area contributed by atoms with Crippen molar-refractivity contribution in [3.63, 3.8) is 0 Å². The Morgan fingerprint density at radius 1 is 1.21 bits per heavy atom. The SMILES string of the molecule is CCCNC(=O)N1CCc2cc(OC)c(OC)cc2[C@H]1CNC(=O)c1cccs1. The molecule has 29 heavy (non-hydrogen) atoms. The number of nitrogens with one attached hydrogen (secondary N) is 2. The fraction of sp³-hybridized carbons (Fsp3) is 0.429. The van der Waals surface area contributed by atoms with Gasteiger partial charge in [0.2, 0.25) is 0 Å². The van der Waals surface area contributed by atoms with E-state index in [0.29, 0.717) is 42.4 Å². The molecule has 7 nitrogen and oxygen atoms in total. The van der Waals surface area contributed by atoms with Gasteiger partial charge in [-0.25, -0.2) is 4.79 Å². The fourth-order valence-corrected chi connectivity index (χ4v) is 4.15. The highest BCUT2D eigenvalue weighted by molar-refractivity contribution is 7.12. The van der Waals surface area contributed by atoms with Gasteiger partial charge in [0.1, 0.15) is 0 Å². The van der Waals surface area contributed by atoms with Crippen LogP contribution in [0.4, 0.5) is 4.79 Å². The number of methoxy groups -OCH3 is 2. The van der Waals surface area contributed by atoms with Crippen molar-refractivity contribution in [2.75, 3.05) is 33.9 Å². The molecule has 0 bridgehead atoms. The van der Waals surface area contributed by atoms with Crippen LogP contribution in [0, 0.1) is 0 Å². The maximum atomic E-state index is 12.8. The third kappa shape index (κ3) is 4.64. The molecule has 1 aliphatic rings. The van der Waals surface area contributed by atoms with Crippen LogP contribution in [0.2, 0.25) is 0 Å². The largest absolute Gasteiger partial charge is 0.493 e. The number of carbonyl (C=O) groups is 2. The van der Waals surface area contributed by atoms with Gasteiger partial charge in [-0.2, -0.15) is 0 Å². The number of thiophene rings is 1. The molecule has 0 aliphatic carbocycles. The topological polar surface area (TPSA) is 79.9 Å². The number of urea groups is 1. The van der Waals surface area contributed by atoms with Gasteiger partial charge in [0.25, 0.3) is 5.91 Å². The van der Waals surface area contributed by atoms with Crippen LogP contribution in [0.1, 0.15) is 40.2 Å². The van der Waals surface area contributed by atoms with Gasteiger partial charge in [0, 0.05) is 19.6 Å². The predicted molar refractivity (Wildman–Crippen MR) is 113 cm³/mol. The molecule has 156 valence electrons. The van der Waals surface area contributed by atoms with Gasteiger partial charge in [0.05, 0.1) is 25.1 Å². The number of nitrogens with zero attached hydrogens (tertiary/aromatic N) is 1. The normalized spacial score (nSPS) is 15.4. The van der Waals surface area contributed by atoms with Gasteiger partial charge in [0.15, 0.2) is 11.5 Å². The van der Waals surface area contributed by atoms with Crippen LogP contribution in [0.3, 0.4) is 0 Å². The van der Waals surface area contributed by atoms with Crippen LogP contribution in [0.25, 0.3) is 0 Å². The van der Waals surface area contributed by atoms with Crippen molar-refractivity contribution in [1.29, 1.82) is 0 Å². The predicted octanol–water partition coefficient (Wildman–Crippen LogP) is 3.21. The Morgan fingerprint density at radius 3 is 2.62 bits per heavy atom. The lowest BCUT2D eigenvalue weighted by Crippen LogP contribution is -2.49. The second kappa shape index (κ2) is 9.65. The number of rotatable bonds is 7. The molecule has 2 N–H and O–H groups in total. The summed E-state index contributed by atoms with van der Waals surface area (Å²) in [7, 11) is 3.20. The van der Waals surface area contributed by atoms with Gasteiger partial charge in [-0.15, -0.1) is 11.3 Å². The molecule has 3 rings (SSSR count). The van der Waals surface area contributed by atoms with Gasteiger partial charge in [-0.1, -0.05) is 13.0 Å². The van der Waals surface area contributed by atoms with Gasteiger partial charge in [-0.05, 0) is 47.5 Å². The van der Waals surface area contributed by atoms with E-state index < -0.39 is 0 Å². The Morgan fingerprint density at radius 2 is 1.97 bits per heavy atom. The molecule has 0 saturated carbocycles. The van der Waals surface area contributed by atoms with Crippen LogP contribution in [-0.2, 0) is 6.42 Å². The minimum absolute atomic E-state index is 0.123. The Labute approximate surface area is 175 Å². The van der Waals surface area contributed by atoms with Gasteiger partial charge < -0.3 is 25.0 Å². The highest BCUT2D eigenvalue weighted by Crippen LogP contribution is 2.38. The quantitative estimate of drug-likeness (QED) is 0.725. The number of fused-ring (bicyclic) bond motifs is 1. The maximum Gasteiger partial charge on any atom is 0.317 e. The van der Waals surface area contributed by atoms with Crippen molar-refractivity contribution >= 4 is 23.3 Å². The average molecular weight is 418 g/mol. The van der Waals surface area contributed by atoms with E-state index in [1.54, 1.807) is 25.2 Å². The van der Waals surface area contributed by atoms with Crippen LogP contribution >= 0.6 is 11.3 Å². The van der Waals surface area contributed by atoms with E-state index in [-0.39, 0.29) is 18.0 Å². The maximum absolute atomic E-state index is 12.8. The van der Waals surface area contributed by atoms with Crippen molar-refractivity contribution in [3.8, 4) is 11.5 Å². The number of ether oxygens (including phenoxy) is 2. The average Bonchev–Trinajstić information content (AvgIpc) is 3.29. The second-order valence-electron chi connectivity index (χ2n) is 6.78. The summed E-state index contributed by atoms with van der Waals surface area (Å²) in [6, 6.07) is 7.09. The summed E-state index contributed by atoms with van der Waals surface area (Å²) in [6.45, 7) is 3.51. The van der Waals surface area contributed by atoms with E-state index in [1.165, 1.54) is 11.3 Å². The Balaban J connectivity index is 1.89. The Bertz CT molecular complexity index is 854. The van der Waals surface area contributed by atoms with E-state index in [2.05, 4.69) is 10.6 Å². The van der Waals surface area contributed by atoms with Crippen LogP contribution in [0.15, 0.2) is 29.6 Å². The Hall–Kier alpha value is -2.74. The summed E-state index contributed by atoms with van der Waals surface area (Å²) in [4.78, 5) is 27.7. The molecular formula is C21H27N3O4S. The molecule has 1 aromatic carbocycles. The summed E-state index contributed by atoms with van der Waals surface area (Å²) >= 11 is 1.39. The lowest BCUT2D eigenvalue weighted by Gasteiger charge is -2.37. The third-order valence-electron chi connectivity index (χ3n) is 4.99. The number of carbonyl (C=O) groups excluding carboxylic acids is 2. The van der Waals surface area contributed by atoms with E-state index in [9.17, 15) is 9.59 Å². The van der Waals surface area contributed by atoms with E-state index in [0.717, 1.165) is 17.5 Å². The number of hydrogen-bond acceptors (Lipinski definition) is 5. The van der Waals surface area contributed by atoms with Gasteiger partial charge >= 0.3 is 6.03 Å². The molecular weight excluding hydrogens is 390 g/mol. The first-order valence-corrected chi connectivity index (χ1v) is 10.6. The van der Waals surface area contributed by atoms with Crippen molar-refractivity contribution in [3.05, 3.63) is 45.6 Å². The smallest absolute Gasteiger partial charge is 0.317 e. The molecule has 2 aromatic rings. The van der Waals surface area contributed by atoms with Crippen LogP contribution < -0.4 is 20.1 Å². The summed E-state index contributed by atoms with van der Waals surface area (Å²) in [5.74, 6) is 1.13. The lowest BCUT2D eigenvalue weighted by molar-refractivity contribution is 0.0938. The molecule has 1 atom stereocenters. The van der Waals surface area contributed by atoms with E-state index in [1.807, 2.05) is 30.5 Å². The minimum atomic E-state index is -0.292. The molecule has 0 radical (unpaired) electrons. The first kappa shape index (κ1) is 21.0. The fourth-order valence-electron chi connectivity index (χ4n) is 3.51. The second-order valence-corrected chi connectivity index (χ2v) is 7.73. The molecule has 0 fully saturated rings. The summed E-state index contributed by atoms with van der Waals surface area (Å²) in [5.41, 5.74) is 2.06. The Kier molecular flexibility index (Phi) is 6.98. The van der Waals surface area contributed by atoms with Crippen LogP contribution in [0.5, 0.6) is 11.5 Å². The highest BCUT2D eigenvalue weighted by atomic mass is 32.1. The molecule has 0 saturated heterocycles. The highest BCUT2D eigenvalue weighted by Gasteiger charge is 2.32. The molecule has 1 aromatic heterocycles. The lowest BCUT2D eigenvalue weighted by atomic mass is 9.91. The molecule has 0 unspecified atom stereocenters. The monoisotopic (exact) mass is 417 g/mol. The van der Waals surface area contributed by atoms with Gasteiger partial charge in [-0.3, -0.25) is 4.79 Å². The zero-order chi connectivity index (χ0) is 20.8. The summed E-state index contributed by atoms with van der Waals surface area (Å²) in [5, 5.41) is 7.80. The van der Waals surface area contributed by atoms with Crippen molar-refractivity contribution in [2.45, 2.75) is 25.8 Å². The number of amides is 3. The first-order valence-electron chi connectivity index (χ1n) is 9.70. The standard InChI is InChI=1S/C21H27N3O4S/c1-4-8-22-21(26)24-9-7-14-11-17(27-2)18(28-3)12-15(14)16(24)13-23-20(25)19-6-5-10-29-19/h5-6,10-12,16H,4,7-9,13H2,1-3H3,(H,22,26)(H,23,25)/t16-/m1/s1. The third-order valence-corrected chi connectivity index (χ3v) is 5.86. The molecule has 0 spiro atoms. The zero-order valence-corrected chi connectivity index (χ0v) is 17.8. The van der Waals surface area contributed by atoms with Crippen molar-refractivity contribution < 1.29 is 19.1 Å². The van der Waals surface area contributed by atoms with E-state index in [4.69, 9.17) is 9.47 Å². The molecule has 3 amide bonds. The van der Waals surface area contributed by atoms with Crippen LogP contribution in [-0.4, -0.2) is 50.7 Å². The molecule has 8 heteroatoms. The minimum Gasteiger partial charge on any atom is -0.493 e. The number of benzene rings is 1. The summed E-state index contributed by atoms with van der Waals surface area (Å²) in [6.07, 6.45) is 1.57. The van der Waals surface area contributed by atoms with Crippen molar-refractivity contribution in [2.24, 2.45) is 0 Å². The summed E-state index contributed by atoms with van der Waals surface area (Å²) < 4.78 is 10.9. The van der Waals surface area contributed by atoms with E-state index >= 15 is 0 Å². The zero-order valence-electron chi connectivity index (χ0n) is 17.0. The molecule has 2 heterocycles. The first-order chi connectivity index (χ1) is 14.1.